The van der Waals surface area contributed by atoms with E-state index in [4.69, 9.17) is 14.5 Å². The fraction of sp³-hybridized carbons (Fsp3) is 0.385. The van der Waals surface area contributed by atoms with Gasteiger partial charge in [0.05, 0.1) is 22.9 Å². The molecule has 178 valence electrons. The van der Waals surface area contributed by atoms with Gasteiger partial charge < -0.3 is 9.42 Å². The van der Waals surface area contributed by atoms with Gasteiger partial charge in [0.1, 0.15) is 0 Å². The second kappa shape index (κ2) is 7.83. The number of hydrogen-bond acceptors (Lipinski definition) is 8. The maximum atomic E-state index is 5.56. The normalized spacial score (nSPS) is 19.0. The molecule has 6 rings (SSSR count). The Balaban J connectivity index is 1.27. The molecule has 9 nitrogen and oxygen atoms in total. The Kier molecular flexibility index (Phi) is 4.84. The number of aromatic nitrogens is 7. The van der Waals surface area contributed by atoms with Crippen molar-refractivity contribution < 1.29 is 4.52 Å². The van der Waals surface area contributed by atoms with Crippen molar-refractivity contribution in [2.75, 3.05) is 4.90 Å². The van der Waals surface area contributed by atoms with Crippen LogP contribution in [-0.2, 0) is 5.41 Å². The molecule has 0 aromatic carbocycles. The van der Waals surface area contributed by atoms with Gasteiger partial charge >= 0.3 is 0 Å². The first-order valence-electron chi connectivity index (χ1n) is 12.0. The number of nitrogens with zero attached hydrogens (tertiary/aromatic N) is 7. The number of nitrogens with one attached hydrogen (secondary N) is 1. The second-order valence-corrected chi connectivity index (χ2v) is 10.3. The van der Waals surface area contributed by atoms with Crippen LogP contribution >= 0.6 is 0 Å². The van der Waals surface area contributed by atoms with Gasteiger partial charge in [-0.15, -0.1) is 0 Å². The highest BCUT2D eigenvalue weighted by molar-refractivity contribution is 5.59. The summed E-state index contributed by atoms with van der Waals surface area (Å²) in [7, 11) is 0. The molecule has 0 spiro atoms. The summed E-state index contributed by atoms with van der Waals surface area (Å²) >= 11 is 0. The number of H-pyrrole nitrogens is 1. The van der Waals surface area contributed by atoms with E-state index in [9.17, 15) is 0 Å². The van der Waals surface area contributed by atoms with Crippen LogP contribution in [0.3, 0.4) is 0 Å². The molecule has 9 heteroatoms. The molecule has 0 radical (unpaired) electrons. The van der Waals surface area contributed by atoms with Gasteiger partial charge in [0.25, 0.3) is 5.89 Å². The van der Waals surface area contributed by atoms with E-state index in [0.29, 0.717) is 23.6 Å². The van der Waals surface area contributed by atoms with Crippen LogP contribution in [-0.4, -0.2) is 40.8 Å². The van der Waals surface area contributed by atoms with Crippen molar-refractivity contribution >= 4 is 5.95 Å². The summed E-state index contributed by atoms with van der Waals surface area (Å²) in [6, 6.07) is 4.13. The quantitative estimate of drug-likeness (QED) is 0.425. The standard InChI is InChI=1S/C26H28N8O/c1-16-9-10-25(2,3)34(16)24-28-11-17(12-29-24)21-8-7-20(15-27-21)26(4,19-5-6-19)23-32-22(35-33-23)18-13-30-31-14-18/h7-9,11-15,19H,5-6,10H2,1-4H3,(H,30,31). The van der Waals surface area contributed by atoms with Gasteiger partial charge in [-0.05, 0) is 64.5 Å². The Morgan fingerprint density at radius 2 is 1.86 bits per heavy atom. The number of pyridine rings is 1. The van der Waals surface area contributed by atoms with E-state index in [2.05, 4.69) is 70.1 Å². The number of hydrogen-bond donors (Lipinski definition) is 1. The van der Waals surface area contributed by atoms with E-state index in [0.717, 1.165) is 41.6 Å². The summed E-state index contributed by atoms with van der Waals surface area (Å²) in [6.45, 7) is 8.69. The summed E-state index contributed by atoms with van der Waals surface area (Å²) in [5.41, 5.74) is 4.35. The smallest absolute Gasteiger partial charge is 0.261 e. The summed E-state index contributed by atoms with van der Waals surface area (Å²) < 4.78 is 5.56. The van der Waals surface area contributed by atoms with Gasteiger partial charge in [-0.2, -0.15) is 10.1 Å². The first kappa shape index (κ1) is 21.6. The largest absolute Gasteiger partial charge is 0.334 e. The number of allylic oxidation sites excluding steroid dienone is 1. The molecule has 1 N–H and O–H groups in total. The van der Waals surface area contributed by atoms with Crippen molar-refractivity contribution in [1.82, 2.24) is 35.3 Å². The molecule has 35 heavy (non-hydrogen) atoms. The SMILES string of the molecule is CC1=CCC(C)(C)N1c1ncc(-c2ccc(C(C)(c3noc(-c4cn[nH]c4)n3)C3CC3)cn2)cn1. The maximum absolute atomic E-state index is 5.56. The molecule has 5 heterocycles. The van der Waals surface area contributed by atoms with Crippen LogP contribution < -0.4 is 4.90 Å². The first-order valence-corrected chi connectivity index (χ1v) is 12.0. The minimum atomic E-state index is -0.372. The van der Waals surface area contributed by atoms with E-state index in [1.54, 1.807) is 12.4 Å². The molecular weight excluding hydrogens is 440 g/mol. The molecule has 4 aromatic heterocycles. The van der Waals surface area contributed by atoms with E-state index in [1.807, 2.05) is 24.7 Å². The zero-order valence-electron chi connectivity index (χ0n) is 20.4. The minimum Gasteiger partial charge on any atom is -0.334 e. The van der Waals surface area contributed by atoms with Gasteiger partial charge in [0.2, 0.25) is 5.95 Å². The predicted molar refractivity (Wildman–Crippen MR) is 131 cm³/mol. The predicted octanol–water partition coefficient (Wildman–Crippen LogP) is 4.92. The van der Waals surface area contributed by atoms with Crippen LogP contribution in [0.15, 0.2) is 59.4 Å². The van der Waals surface area contributed by atoms with Crippen LogP contribution in [0.1, 0.15) is 58.3 Å². The van der Waals surface area contributed by atoms with Crippen molar-refractivity contribution in [2.24, 2.45) is 5.92 Å². The van der Waals surface area contributed by atoms with Crippen LogP contribution in [0, 0.1) is 5.92 Å². The topological polar surface area (TPSA) is 110 Å². The van der Waals surface area contributed by atoms with Gasteiger partial charge in [0.15, 0.2) is 5.82 Å². The lowest BCUT2D eigenvalue weighted by Crippen LogP contribution is -2.39. The molecule has 1 fully saturated rings. The zero-order chi connectivity index (χ0) is 24.2. The van der Waals surface area contributed by atoms with Crippen molar-refractivity contribution in [2.45, 2.75) is 57.9 Å². The summed E-state index contributed by atoms with van der Waals surface area (Å²) in [4.78, 5) is 21.0. The molecule has 1 unspecified atom stereocenters. The van der Waals surface area contributed by atoms with Crippen molar-refractivity contribution in [3.8, 4) is 22.7 Å². The van der Waals surface area contributed by atoms with E-state index in [-0.39, 0.29) is 11.0 Å². The Labute approximate surface area is 203 Å². The molecular formula is C26H28N8O. The summed E-state index contributed by atoms with van der Waals surface area (Å²) in [6.07, 6.45) is 14.5. The summed E-state index contributed by atoms with van der Waals surface area (Å²) in [5, 5.41) is 11.1. The zero-order valence-corrected chi connectivity index (χ0v) is 20.4. The van der Waals surface area contributed by atoms with Crippen LogP contribution in [0.25, 0.3) is 22.7 Å². The lowest BCUT2D eigenvalue weighted by Gasteiger charge is -2.33. The molecule has 0 saturated heterocycles. The molecule has 4 aromatic rings. The first-order chi connectivity index (χ1) is 16.9. The average molecular weight is 469 g/mol. The van der Waals surface area contributed by atoms with Crippen LogP contribution in [0.4, 0.5) is 5.95 Å². The van der Waals surface area contributed by atoms with E-state index < -0.39 is 0 Å². The molecule has 1 saturated carbocycles. The van der Waals surface area contributed by atoms with Crippen molar-refractivity contribution in [1.29, 1.82) is 0 Å². The Morgan fingerprint density at radius 1 is 1.06 bits per heavy atom. The minimum absolute atomic E-state index is 0.0224. The molecule has 1 aliphatic carbocycles. The van der Waals surface area contributed by atoms with Gasteiger partial charge in [-0.25, -0.2) is 9.97 Å². The number of aromatic amines is 1. The lowest BCUT2D eigenvalue weighted by atomic mass is 9.77. The third kappa shape index (κ3) is 3.62. The third-order valence-corrected chi connectivity index (χ3v) is 7.38. The molecule has 0 amide bonds. The highest BCUT2D eigenvalue weighted by Gasteiger charge is 2.47. The average Bonchev–Trinajstić information content (AvgIpc) is 3.25. The Hall–Kier alpha value is -3.88. The fourth-order valence-corrected chi connectivity index (χ4v) is 5.05. The Bertz CT molecular complexity index is 1370. The van der Waals surface area contributed by atoms with E-state index in [1.165, 1.54) is 5.70 Å². The molecule has 1 aliphatic heterocycles. The van der Waals surface area contributed by atoms with E-state index >= 15 is 0 Å². The number of anilines is 1. The monoisotopic (exact) mass is 468 g/mol. The molecule has 0 bridgehead atoms. The fourth-order valence-electron chi connectivity index (χ4n) is 5.05. The summed E-state index contributed by atoms with van der Waals surface area (Å²) in [5.74, 6) is 2.31. The highest BCUT2D eigenvalue weighted by Crippen LogP contribution is 2.50. The molecule has 2 aliphatic rings. The molecule has 1 atom stereocenters. The Morgan fingerprint density at radius 3 is 2.46 bits per heavy atom. The van der Waals surface area contributed by atoms with Crippen molar-refractivity contribution in [3.05, 3.63) is 66.3 Å². The van der Waals surface area contributed by atoms with Gasteiger partial charge in [-0.1, -0.05) is 17.3 Å². The van der Waals surface area contributed by atoms with Crippen LogP contribution in [0.2, 0.25) is 0 Å². The second-order valence-electron chi connectivity index (χ2n) is 10.3. The number of rotatable bonds is 6. The lowest BCUT2D eigenvalue weighted by molar-refractivity contribution is 0.386. The van der Waals surface area contributed by atoms with Crippen molar-refractivity contribution in [3.63, 3.8) is 0 Å². The van der Waals surface area contributed by atoms with Crippen LogP contribution in [0.5, 0.6) is 0 Å². The van der Waals surface area contributed by atoms with Gasteiger partial charge in [0, 0.05) is 41.6 Å². The third-order valence-electron chi connectivity index (χ3n) is 7.38. The maximum Gasteiger partial charge on any atom is 0.261 e. The highest BCUT2D eigenvalue weighted by atomic mass is 16.5. The van der Waals surface area contributed by atoms with Gasteiger partial charge in [-0.3, -0.25) is 10.1 Å².